The predicted octanol–water partition coefficient (Wildman–Crippen LogP) is 4.44. The molecule has 0 saturated heterocycles. The number of nitrogens with zero attached hydrogens (tertiary/aromatic N) is 2. The van der Waals surface area contributed by atoms with Crippen molar-refractivity contribution in [3.63, 3.8) is 0 Å². The molecule has 0 radical (unpaired) electrons. The standard InChI is InChI=1S/C17H16N2/c1-2-7-13(8-3-1)17-16-11-6-12-19(16)15-10-5-4-9-14(15)18-17/h4-7,9-12H,1-3,8H2. The highest BCUT2D eigenvalue weighted by Gasteiger charge is 2.13. The second-order valence-corrected chi connectivity index (χ2v) is 5.19. The maximum absolute atomic E-state index is 4.91. The average molecular weight is 248 g/mol. The van der Waals surface area contributed by atoms with E-state index >= 15 is 0 Å². The molecule has 2 heteroatoms. The summed E-state index contributed by atoms with van der Waals surface area (Å²) in [5.74, 6) is 0. The second-order valence-electron chi connectivity index (χ2n) is 5.19. The topological polar surface area (TPSA) is 17.3 Å². The van der Waals surface area contributed by atoms with E-state index in [2.05, 4.69) is 53.1 Å². The molecule has 0 bridgehead atoms. The molecule has 0 N–H and O–H groups in total. The molecule has 4 rings (SSSR count). The molecule has 3 aromatic rings. The van der Waals surface area contributed by atoms with Crippen LogP contribution >= 0.6 is 0 Å². The number of aromatic nitrogens is 2. The van der Waals surface area contributed by atoms with Crippen LogP contribution in [0.15, 0.2) is 48.7 Å². The maximum atomic E-state index is 4.91. The maximum Gasteiger partial charge on any atom is 0.0906 e. The first-order valence-electron chi connectivity index (χ1n) is 6.99. The highest BCUT2D eigenvalue weighted by atomic mass is 14.9. The Balaban J connectivity index is 2.07. The van der Waals surface area contributed by atoms with Crippen LogP contribution < -0.4 is 0 Å². The number of rotatable bonds is 1. The fourth-order valence-electron chi connectivity index (χ4n) is 3.01. The van der Waals surface area contributed by atoms with E-state index in [1.807, 2.05) is 0 Å². The molecule has 0 amide bonds. The van der Waals surface area contributed by atoms with Gasteiger partial charge in [-0.3, -0.25) is 0 Å². The molecule has 0 saturated carbocycles. The molecular weight excluding hydrogens is 232 g/mol. The Morgan fingerprint density at radius 1 is 0.947 bits per heavy atom. The van der Waals surface area contributed by atoms with E-state index < -0.39 is 0 Å². The molecule has 0 fully saturated rings. The summed E-state index contributed by atoms with van der Waals surface area (Å²) in [5, 5.41) is 0. The van der Waals surface area contributed by atoms with Crippen LogP contribution in [0, 0.1) is 0 Å². The lowest BCUT2D eigenvalue weighted by atomic mass is 9.96. The van der Waals surface area contributed by atoms with Gasteiger partial charge in [-0.15, -0.1) is 0 Å². The Kier molecular flexibility index (Phi) is 2.41. The van der Waals surface area contributed by atoms with Crippen molar-refractivity contribution in [3.8, 4) is 0 Å². The van der Waals surface area contributed by atoms with E-state index in [1.54, 1.807) is 0 Å². The molecule has 1 aliphatic rings. The van der Waals surface area contributed by atoms with Gasteiger partial charge < -0.3 is 4.40 Å². The van der Waals surface area contributed by atoms with E-state index in [0.717, 1.165) is 11.9 Å². The van der Waals surface area contributed by atoms with Gasteiger partial charge >= 0.3 is 0 Å². The molecule has 2 nitrogen and oxygen atoms in total. The Morgan fingerprint density at radius 2 is 1.84 bits per heavy atom. The SMILES string of the molecule is C1=C(c2nc3ccccc3n3cccc23)CCCC1. The molecule has 94 valence electrons. The van der Waals surface area contributed by atoms with Crippen LogP contribution in [0.3, 0.4) is 0 Å². The van der Waals surface area contributed by atoms with Gasteiger partial charge in [0.05, 0.1) is 22.2 Å². The van der Waals surface area contributed by atoms with Gasteiger partial charge in [-0.25, -0.2) is 4.98 Å². The summed E-state index contributed by atoms with van der Waals surface area (Å²) in [6, 6.07) is 12.6. The third-order valence-electron chi connectivity index (χ3n) is 3.96. The van der Waals surface area contributed by atoms with Crippen LogP contribution in [0.1, 0.15) is 31.4 Å². The zero-order valence-corrected chi connectivity index (χ0v) is 10.8. The molecule has 1 aromatic carbocycles. The predicted molar refractivity (Wildman–Crippen MR) is 79.1 cm³/mol. The summed E-state index contributed by atoms with van der Waals surface area (Å²) in [6.45, 7) is 0. The number of allylic oxidation sites excluding steroid dienone is 2. The third kappa shape index (κ3) is 1.67. The third-order valence-corrected chi connectivity index (χ3v) is 3.96. The van der Waals surface area contributed by atoms with Gasteiger partial charge in [0.1, 0.15) is 0 Å². The van der Waals surface area contributed by atoms with Gasteiger partial charge in [0, 0.05) is 6.20 Å². The van der Waals surface area contributed by atoms with Crippen LogP contribution in [0.25, 0.3) is 22.1 Å². The highest BCUT2D eigenvalue weighted by Crippen LogP contribution is 2.30. The van der Waals surface area contributed by atoms with Crippen LogP contribution in [0.5, 0.6) is 0 Å². The first-order chi connectivity index (χ1) is 9.43. The molecule has 19 heavy (non-hydrogen) atoms. The zero-order valence-electron chi connectivity index (χ0n) is 10.8. The Morgan fingerprint density at radius 3 is 2.74 bits per heavy atom. The van der Waals surface area contributed by atoms with Crippen molar-refractivity contribution in [2.45, 2.75) is 25.7 Å². The van der Waals surface area contributed by atoms with E-state index in [-0.39, 0.29) is 0 Å². The molecule has 0 atom stereocenters. The van der Waals surface area contributed by atoms with E-state index in [4.69, 9.17) is 4.98 Å². The van der Waals surface area contributed by atoms with Crippen molar-refractivity contribution in [2.24, 2.45) is 0 Å². The summed E-state index contributed by atoms with van der Waals surface area (Å²) >= 11 is 0. The van der Waals surface area contributed by atoms with Gasteiger partial charge in [0.25, 0.3) is 0 Å². The van der Waals surface area contributed by atoms with Crippen molar-refractivity contribution < 1.29 is 0 Å². The number of para-hydroxylation sites is 2. The van der Waals surface area contributed by atoms with Crippen molar-refractivity contribution in [1.29, 1.82) is 0 Å². The molecule has 0 unspecified atom stereocenters. The smallest absolute Gasteiger partial charge is 0.0906 e. The summed E-state index contributed by atoms with van der Waals surface area (Å²) in [4.78, 5) is 4.91. The van der Waals surface area contributed by atoms with Gasteiger partial charge in [0.15, 0.2) is 0 Å². The van der Waals surface area contributed by atoms with E-state index in [9.17, 15) is 0 Å². The quantitative estimate of drug-likeness (QED) is 0.622. The van der Waals surface area contributed by atoms with Crippen molar-refractivity contribution in [2.75, 3.05) is 0 Å². The Labute approximate surface area is 112 Å². The fraction of sp³-hybridized carbons (Fsp3) is 0.235. The minimum absolute atomic E-state index is 1.08. The van der Waals surface area contributed by atoms with Gasteiger partial charge in [-0.05, 0) is 55.5 Å². The van der Waals surface area contributed by atoms with Gasteiger partial charge in [-0.2, -0.15) is 0 Å². The van der Waals surface area contributed by atoms with E-state index in [0.29, 0.717) is 0 Å². The first kappa shape index (κ1) is 10.8. The second kappa shape index (κ2) is 4.23. The number of benzene rings is 1. The lowest BCUT2D eigenvalue weighted by Gasteiger charge is -2.14. The van der Waals surface area contributed by atoms with E-state index in [1.165, 1.54) is 41.6 Å². The molecule has 2 aromatic heterocycles. The molecule has 0 aliphatic heterocycles. The number of fused-ring (bicyclic) bond motifs is 3. The largest absolute Gasteiger partial charge is 0.313 e. The molecule has 0 spiro atoms. The summed E-state index contributed by atoms with van der Waals surface area (Å²) in [7, 11) is 0. The summed E-state index contributed by atoms with van der Waals surface area (Å²) in [6.07, 6.45) is 9.45. The van der Waals surface area contributed by atoms with Crippen LogP contribution in [0.4, 0.5) is 0 Å². The summed E-state index contributed by atoms with van der Waals surface area (Å²) < 4.78 is 2.26. The van der Waals surface area contributed by atoms with Crippen molar-refractivity contribution >= 4 is 22.1 Å². The fourth-order valence-corrected chi connectivity index (χ4v) is 3.01. The monoisotopic (exact) mass is 248 g/mol. The van der Waals surface area contributed by atoms with Crippen LogP contribution in [-0.4, -0.2) is 9.38 Å². The minimum atomic E-state index is 1.08. The van der Waals surface area contributed by atoms with Crippen LogP contribution in [0.2, 0.25) is 0 Å². The van der Waals surface area contributed by atoms with Crippen molar-refractivity contribution in [1.82, 2.24) is 9.38 Å². The number of hydrogen-bond acceptors (Lipinski definition) is 1. The normalized spacial score (nSPS) is 15.9. The Hall–Kier alpha value is -2.09. The molecule has 2 heterocycles. The zero-order chi connectivity index (χ0) is 12.7. The minimum Gasteiger partial charge on any atom is -0.313 e. The highest BCUT2D eigenvalue weighted by molar-refractivity contribution is 5.86. The first-order valence-corrected chi connectivity index (χ1v) is 6.99. The number of hydrogen-bond donors (Lipinski definition) is 0. The Bertz CT molecular complexity index is 780. The lowest BCUT2D eigenvalue weighted by Crippen LogP contribution is -2.00. The van der Waals surface area contributed by atoms with Gasteiger partial charge in [-0.1, -0.05) is 18.2 Å². The molecule has 1 aliphatic carbocycles. The average Bonchev–Trinajstić information content (AvgIpc) is 2.97. The van der Waals surface area contributed by atoms with Crippen molar-refractivity contribution in [3.05, 3.63) is 54.4 Å². The van der Waals surface area contributed by atoms with Gasteiger partial charge in [0.2, 0.25) is 0 Å². The summed E-state index contributed by atoms with van der Waals surface area (Å²) in [5.41, 5.74) is 6.08. The molecular formula is C17H16N2. The lowest BCUT2D eigenvalue weighted by molar-refractivity contribution is 0.740. The van der Waals surface area contributed by atoms with Crippen LogP contribution in [-0.2, 0) is 0 Å².